The first-order valence-corrected chi connectivity index (χ1v) is 4.74. The van der Waals surface area contributed by atoms with E-state index in [0.29, 0.717) is 12.6 Å². The fraction of sp³-hybridized carbons (Fsp3) is 0.455. The lowest BCUT2D eigenvalue weighted by molar-refractivity contribution is 0.190. The summed E-state index contributed by atoms with van der Waals surface area (Å²) < 4.78 is 5.04. The van der Waals surface area contributed by atoms with Gasteiger partial charge in [0, 0.05) is 24.5 Å². The number of nitrogen functional groups attached to an aromatic ring is 1. The predicted molar refractivity (Wildman–Crippen MR) is 60.6 cm³/mol. The molecule has 1 aromatic rings. The van der Waals surface area contributed by atoms with Crippen LogP contribution in [0.3, 0.4) is 0 Å². The van der Waals surface area contributed by atoms with E-state index in [1.807, 2.05) is 19.1 Å². The molecule has 0 aliphatic heterocycles. The van der Waals surface area contributed by atoms with Gasteiger partial charge in [-0.2, -0.15) is 0 Å². The third kappa shape index (κ3) is 3.26. The van der Waals surface area contributed by atoms with Crippen LogP contribution in [0.4, 0.5) is 11.4 Å². The number of anilines is 2. The van der Waals surface area contributed by atoms with Crippen molar-refractivity contribution in [2.75, 3.05) is 24.8 Å². The van der Waals surface area contributed by atoms with Crippen molar-refractivity contribution in [3.8, 4) is 0 Å². The summed E-state index contributed by atoms with van der Waals surface area (Å²) in [6, 6.07) is 6.25. The highest BCUT2D eigenvalue weighted by Gasteiger charge is 2.01. The maximum atomic E-state index is 5.74. The van der Waals surface area contributed by atoms with E-state index >= 15 is 0 Å². The molecular formula is C11H18N2O. The number of nitrogens with two attached hydrogens (primary N) is 1. The van der Waals surface area contributed by atoms with Gasteiger partial charge in [-0.25, -0.2) is 0 Å². The standard InChI is InChI=1S/C11H18N2O/c1-8-4-10(12)6-11(5-8)13-9(2)7-14-3/h4-6,9,13H,7,12H2,1-3H3. The molecule has 1 atom stereocenters. The highest BCUT2D eigenvalue weighted by molar-refractivity contribution is 5.57. The summed E-state index contributed by atoms with van der Waals surface area (Å²) in [6.45, 7) is 4.79. The lowest BCUT2D eigenvalue weighted by Crippen LogP contribution is -2.20. The zero-order chi connectivity index (χ0) is 10.6. The Hall–Kier alpha value is -1.22. The van der Waals surface area contributed by atoms with Gasteiger partial charge in [0.15, 0.2) is 0 Å². The topological polar surface area (TPSA) is 47.3 Å². The zero-order valence-corrected chi connectivity index (χ0v) is 9.00. The van der Waals surface area contributed by atoms with Crippen molar-refractivity contribution in [1.82, 2.24) is 0 Å². The number of methoxy groups -OCH3 is 1. The minimum atomic E-state index is 0.293. The lowest BCUT2D eigenvalue weighted by atomic mass is 10.2. The summed E-state index contributed by atoms with van der Waals surface area (Å²) in [4.78, 5) is 0. The van der Waals surface area contributed by atoms with Gasteiger partial charge < -0.3 is 15.8 Å². The molecule has 0 fully saturated rings. The smallest absolute Gasteiger partial charge is 0.0661 e. The summed E-state index contributed by atoms with van der Waals surface area (Å²) in [7, 11) is 1.70. The van der Waals surface area contributed by atoms with E-state index in [0.717, 1.165) is 16.9 Å². The fourth-order valence-corrected chi connectivity index (χ4v) is 1.47. The highest BCUT2D eigenvalue weighted by Crippen LogP contribution is 2.16. The molecule has 78 valence electrons. The van der Waals surface area contributed by atoms with Crippen LogP contribution in [0.25, 0.3) is 0 Å². The van der Waals surface area contributed by atoms with Gasteiger partial charge in [-0.3, -0.25) is 0 Å². The SMILES string of the molecule is COCC(C)Nc1cc(C)cc(N)c1. The van der Waals surface area contributed by atoms with E-state index in [1.165, 1.54) is 0 Å². The van der Waals surface area contributed by atoms with E-state index in [9.17, 15) is 0 Å². The number of aryl methyl sites for hydroxylation is 1. The summed E-state index contributed by atoms with van der Waals surface area (Å²) in [5.74, 6) is 0. The van der Waals surface area contributed by atoms with E-state index in [4.69, 9.17) is 10.5 Å². The van der Waals surface area contributed by atoms with Crippen LogP contribution >= 0.6 is 0 Å². The first-order chi connectivity index (χ1) is 6.61. The summed E-state index contributed by atoms with van der Waals surface area (Å²) in [5, 5.41) is 3.32. The Morgan fingerprint density at radius 3 is 2.71 bits per heavy atom. The number of hydrogen-bond donors (Lipinski definition) is 2. The molecule has 0 saturated heterocycles. The van der Waals surface area contributed by atoms with Gasteiger partial charge in [0.05, 0.1) is 6.61 Å². The molecule has 1 unspecified atom stereocenters. The van der Waals surface area contributed by atoms with Crippen LogP contribution in [-0.2, 0) is 4.74 Å². The Balaban J connectivity index is 2.66. The van der Waals surface area contributed by atoms with Crippen molar-refractivity contribution in [3.63, 3.8) is 0 Å². The number of ether oxygens (including phenoxy) is 1. The predicted octanol–water partition coefficient (Wildman–Crippen LogP) is 2.02. The van der Waals surface area contributed by atoms with Crippen molar-refractivity contribution in [3.05, 3.63) is 23.8 Å². The quantitative estimate of drug-likeness (QED) is 0.721. The van der Waals surface area contributed by atoms with Gasteiger partial charge in [0.25, 0.3) is 0 Å². The van der Waals surface area contributed by atoms with E-state index in [1.54, 1.807) is 7.11 Å². The number of rotatable bonds is 4. The first kappa shape index (κ1) is 10.9. The molecule has 0 radical (unpaired) electrons. The molecule has 3 N–H and O–H groups in total. The molecule has 0 saturated carbocycles. The summed E-state index contributed by atoms with van der Waals surface area (Å²) in [5.41, 5.74) is 8.74. The molecule has 0 heterocycles. The third-order valence-electron chi connectivity index (χ3n) is 1.93. The molecule has 1 rings (SSSR count). The Morgan fingerprint density at radius 1 is 1.43 bits per heavy atom. The fourth-order valence-electron chi connectivity index (χ4n) is 1.47. The van der Waals surface area contributed by atoms with E-state index < -0.39 is 0 Å². The largest absolute Gasteiger partial charge is 0.399 e. The second-order valence-electron chi connectivity index (χ2n) is 3.63. The van der Waals surface area contributed by atoms with Crippen LogP contribution in [0.15, 0.2) is 18.2 Å². The molecule has 0 aliphatic carbocycles. The molecule has 0 aromatic heterocycles. The summed E-state index contributed by atoms with van der Waals surface area (Å²) >= 11 is 0. The Bertz CT molecular complexity index is 279. The van der Waals surface area contributed by atoms with Crippen LogP contribution in [0.5, 0.6) is 0 Å². The van der Waals surface area contributed by atoms with Crippen molar-refractivity contribution < 1.29 is 4.74 Å². The lowest BCUT2D eigenvalue weighted by Gasteiger charge is -2.15. The van der Waals surface area contributed by atoms with Gasteiger partial charge in [-0.05, 0) is 37.6 Å². The van der Waals surface area contributed by atoms with Crippen LogP contribution in [0.1, 0.15) is 12.5 Å². The van der Waals surface area contributed by atoms with Gasteiger partial charge in [-0.1, -0.05) is 0 Å². The molecule has 14 heavy (non-hydrogen) atoms. The van der Waals surface area contributed by atoms with Crippen LogP contribution in [0, 0.1) is 6.92 Å². The van der Waals surface area contributed by atoms with E-state index in [2.05, 4.69) is 18.3 Å². The third-order valence-corrected chi connectivity index (χ3v) is 1.93. The minimum absolute atomic E-state index is 0.293. The molecule has 3 nitrogen and oxygen atoms in total. The average Bonchev–Trinajstić information content (AvgIpc) is 2.01. The molecule has 0 aliphatic rings. The molecule has 3 heteroatoms. The van der Waals surface area contributed by atoms with Crippen molar-refractivity contribution in [2.45, 2.75) is 19.9 Å². The molecule has 0 amide bonds. The van der Waals surface area contributed by atoms with Crippen molar-refractivity contribution >= 4 is 11.4 Å². The molecule has 0 bridgehead atoms. The Morgan fingerprint density at radius 2 is 2.14 bits per heavy atom. The molecular weight excluding hydrogens is 176 g/mol. The Kier molecular flexibility index (Phi) is 3.77. The second kappa shape index (κ2) is 4.86. The summed E-state index contributed by atoms with van der Waals surface area (Å²) in [6.07, 6.45) is 0. The molecule has 0 spiro atoms. The van der Waals surface area contributed by atoms with Crippen LogP contribution in [0.2, 0.25) is 0 Å². The van der Waals surface area contributed by atoms with Crippen LogP contribution < -0.4 is 11.1 Å². The van der Waals surface area contributed by atoms with Gasteiger partial charge in [-0.15, -0.1) is 0 Å². The monoisotopic (exact) mass is 194 g/mol. The van der Waals surface area contributed by atoms with Crippen molar-refractivity contribution in [1.29, 1.82) is 0 Å². The first-order valence-electron chi connectivity index (χ1n) is 4.74. The van der Waals surface area contributed by atoms with E-state index in [-0.39, 0.29) is 0 Å². The molecule has 1 aromatic carbocycles. The number of hydrogen-bond acceptors (Lipinski definition) is 3. The normalized spacial score (nSPS) is 12.5. The average molecular weight is 194 g/mol. The Labute approximate surface area is 85.3 Å². The maximum absolute atomic E-state index is 5.74. The van der Waals surface area contributed by atoms with Crippen LogP contribution in [-0.4, -0.2) is 19.8 Å². The van der Waals surface area contributed by atoms with Gasteiger partial charge in [0.2, 0.25) is 0 Å². The highest BCUT2D eigenvalue weighted by atomic mass is 16.5. The minimum Gasteiger partial charge on any atom is -0.399 e. The number of benzene rings is 1. The van der Waals surface area contributed by atoms with Gasteiger partial charge in [0.1, 0.15) is 0 Å². The van der Waals surface area contributed by atoms with Crippen molar-refractivity contribution in [2.24, 2.45) is 0 Å². The maximum Gasteiger partial charge on any atom is 0.0661 e. The zero-order valence-electron chi connectivity index (χ0n) is 9.00. The number of nitrogens with one attached hydrogen (secondary N) is 1. The second-order valence-corrected chi connectivity index (χ2v) is 3.63. The van der Waals surface area contributed by atoms with Gasteiger partial charge >= 0.3 is 0 Å².